The van der Waals surface area contributed by atoms with Crippen LogP contribution in [0.4, 0.5) is 10.1 Å². The highest BCUT2D eigenvalue weighted by molar-refractivity contribution is 7.92. The van der Waals surface area contributed by atoms with Crippen LogP contribution in [0.2, 0.25) is 0 Å². The van der Waals surface area contributed by atoms with Gasteiger partial charge in [-0.3, -0.25) is 9.10 Å². The van der Waals surface area contributed by atoms with Gasteiger partial charge in [-0.25, -0.2) is 12.8 Å². The van der Waals surface area contributed by atoms with Crippen LogP contribution in [0, 0.1) is 5.82 Å². The predicted molar refractivity (Wildman–Crippen MR) is 89.1 cm³/mol. The van der Waals surface area contributed by atoms with Gasteiger partial charge in [0.2, 0.25) is 0 Å². The number of hydrogen-bond donors (Lipinski definition) is 1. The summed E-state index contributed by atoms with van der Waals surface area (Å²) in [5, 5.41) is 2.55. The number of nitrogens with one attached hydrogen (secondary N) is 1. The summed E-state index contributed by atoms with van der Waals surface area (Å²) in [5.41, 5.74) is 1.85. The van der Waals surface area contributed by atoms with Crippen LogP contribution < -0.4 is 9.62 Å². The number of anilines is 1. The minimum Gasteiger partial charge on any atom is -0.355 e. The number of halogens is 1. The molecule has 0 aromatic heterocycles. The van der Waals surface area contributed by atoms with E-state index in [-0.39, 0.29) is 16.8 Å². The predicted octanol–water partition coefficient (Wildman–Crippen LogP) is 2.33. The van der Waals surface area contributed by atoms with Gasteiger partial charge in [0.05, 0.1) is 10.6 Å². The van der Waals surface area contributed by atoms with Gasteiger partial charge in [0.15, 0.2) is 0 Å². The number of rotatable bonds is 3. The van der Waals surface area contributed by atoms with Crippen molar-refractivity contribution in [2.24, 2.45) is 0 Å². The average Bonchev–Trinajstić information content (AvgIpc) is 2.89. The second kappa shape index (κ2) is 5.90. The molecule has 1 aliphatic rings. The molecule has 0 fully saturated rings. The minimum atomic E-state index is -3.79. The Morgan fingerprint density at radius 3 is 2.50 bits per heavy atom. The van der Waals surface area contributed by atoms with Gasteiger partial charge in [-0.15, -0.1) is 0 Å². The van der Waals surface area contributed by atoms with Gasteiger partial charge in [-0.05, 0) is 61.4 Å². The quantitative estimate of drug-likeness (QED) is 0.926. The van der Waals surface area contributed by atoms with Gasteiger partial charge in [0.1, 0.15) is 5.82 Å². The van der Waals surface area contributed by atoms with Crippen LogP contribution in [0.5, 0.6) is 0 Å². The lowest BCUT2D eigenvalue weighted by molar-refractivity contribution is 0.0963. The third-order valence-corrected chi connectivity index (χ3v) is 6.03. The van der Waals surface area contributed by atoms with Crippen LogP contribution in [0.15, 0.2) is 47.4 Å². The minimum absolute atomic E-state index is 0.0407. The lowest BCUT2D eigenvalue weighted by Gasteiger charge is -2.24. The molecule has 126 valence electrons. The highest BCUT2D eigenvalue weighted by Crippen LogP contribution is 2.37. The maximum absolute atomic E-state index is 13.1. The van der Waals surface area contributed by atoms with Crippen molar-refractivity contribution in [2.45, 2.75) is 24.3 Å². The van der Waals surface area contributed by atoms with E-state index in [1.54, 1.807) is 32.2 Å². The van der Waals surface area contributed by atoms with Crippen molar-refractivity contribution in [1.29, 1.82) is 0 Å². The van der Waals surface area contributed by atoms with Crippen molar-refractivity contribution < 1.29 is 17.6 Å². The Bertz CT molecular complexity index is 895. The van der Waals surface area contributed by atoms with E-state index in [0.29, 0.717) is 17.7 Å². The SMILES string of the molecule is CNC(=O)c1ccc2c(c1)C[C@@H](C)N2S(=O)(=O)c1ccc(F)cc1. The Hall–Kier alpha value is -2.41. The van der Waals surface area contributed by atoms with Gasteiger partial charge in [0.25, 0.3) is 15.9 Å². The van der Waals surface area contributed by atoms with Crippen molar-refractivity contribution in [3.63, 3.8) is 0 Å². The van der Waals surface area contributed by atoms with Crippen molar-refractivity contribution in [3.05, 3.63) is 59.4 Å². The first-order valence-electron chi connectivity index (χ1n) is 7.49. The molecule has 2 aromatic carbocycles. The molecule has 7 heteroatoms. The highest BCUT2D eigenvalue weighted by atomic mass is 32.2. The van der Waals surface area contributed by atoms with E-state index in [9.17, 15) is 17.6 Å². The molecular formula is C17H17FN2O3S. The largest absolute Gasteiger partial charge is 0.355 e. The van der Waals surface area contributed by atoms with Crippen LogP contribution in [-0.4, -0.2) is 27.4 Å². The number of nitrogens with zero attached hydrogens (tertiary/aromatic N) is 1. The molecule has 1 amide bonds. The van der Waals surface area contributed by atoms with Crippen LogP contribution in [0.25, 0.3) is 0 Å². The molecule has 0 radical (unpaired) electrons. The van der Waals surface area contributed by atoms with E-state index >= 15 is 0 Å². The van der Waals surface area contributed by atoms with Gasteiger partial charge in [0, 0.05) is 18.7 Å². The smallest absolute Gasteiger partial charge is 0.264 e. The van der Waals surface area contributed by atoms with Crippen LogP contribution in [0.3, 0.4) is 0 Å². The summed E-state index contributed by atoms with van der Waals surface area (Å²) in [6.45, 7) is 1.81. The maximum Gasteiger partial charge on any atom is 0.264 e. The Labute approximate surface area is 140 Å². The van der Waals surface area contributed by atoms with Crippen molar-refractivity contribution in [2.75, 3.05) is 11.4 Å². The summed E-state index contributed by atoms with van der Waals surface area (Å²) in [6.07, 6.45) is 0.514. The van der Waals surface area contributed by atoms with E-state index in [2.05, 4.69) is 5.32 Å². The third-order valence-electron chi connectivity index (χ3n) is 4.09. The number of benzene rings is 2. The first-order valence-corrected chi connectivity index (χ1v) is 8.93. The fourth-order valence-electron chi connectivity index (χ4n) is 2.97. The summed E-state index contributed by atoms with van der Waals surface area (Å²) in [4.78, 5) is 11.8. The highest BCUT2D eigenvalue weighted by Gasteiger charge is 2.36. The zero-order valence-electron chi connectivity index (χ0n) is 13.3. The van der Waals surface area contributed by atoms with E-state index in [0.717, 1.165) is 17.7 Å². The maximum atomic E-state index is 13.1. The van der Waals surface area contributed by atoms with E-state index in [4.69, 9.17) is 0 Å². The fourth-order valence-corrected chi connectivity index (χ4v) is 4.67. The topological polar surface area (TPSA) is 66.5 Å². The monoisotopic (exact) mass is 348 g/mol. The number of carbonyl (C=O) groups excluding carboxylic acids is 1. The van der Waals surface area contributed by atoms with Crippen molar-refractivity contribution in [1.82, 2.24) is 5.32 Å². The van der Waals surface area contributed by atoms with Crippen molar-refractivity contribution >= 4 is 21.6 Å². The van der Waals surface area contributed by atoms with Crippen LogP contribution in [-0.2, 0) is 16.4 Å². The molecule has 0 bridgehead atoms. The van der Waals surface area contributed by atoms with Gasteiger partial charge < -0.3 is 5.32 Å². The first kappa shape index (κ1) is 16.4. The van der Waals surface area contributed by atoms with E-state index < -0.39 is 15.8 Å². The molecule has 0 spiro atoms. The Kier molecular flexibility index (Phi) is 4.04. The summed E-state index contributed by atoms with van der Waals surface area (Å²) in [5.74, 6) is -0.704. The molecular weight excluding hydrogens is 331 g/mol. The van der Waals surface area contributed by atoms with E-state index in [1.165, 1.54) is 16.4 Å². The molecule has 1 heterocycles. The lowest BCUT2D eigenvalue weighted by Crippen LogP contribution is -2.35. The van der Waals surface area contributed by atoms with E-state index in [1.807, 2.05) is 0 Å². The third kappa shape index (κ3) is 2.65. The number of carbonyl (C=O) groups is 1. The molecule has 1 N–H and O–H groups in total. The first-order chi connectivity index (χ1) is 11.3. The second-order valence-electron chi connectivity index (χ2n) is 5.73. The molecule has 0 saturated heterocycles. The normalized spacial score (nSPS) is 16.8. The molecule has 0 unspecified atom stereocenters. The standard InChI is InChI=1S/C17H17FN2O3S/c1-11-9-13-10-12(17(21)19-2)3-8-16(13)20(11)24(22,23)15-6-4-14(18)5-7-15/h3-8,10-11H,9H2,1-2H3,(H,19,21)/t11-/m1/s1. The van der Waals surface area contributed by atoms with Crippen molar-refractivity contribution in [3.8, 4) is 0 Å². The number of fused-ring (bicyclic) bond motifs is 1. The lowest BCUT2D eigenvalue weighted by atomic mass is 10.1. The molecule has 3 rings (SSSR count). The Morgan fingerprint density at radius 1 is 1.21 bits per heavy atom. The zero-order chi connectivity index (χ0) is 17.5. The molecule has 24 heavy (non-hydrogen) atoms. The van der Waals surface area contributed by atoms with Crippen LogP contribution >= 0.6 is 0 Å². The number of sulfonamides is 1. The summed E-state index contributed by atoms with van der Waals surface area (Å²) in [7, 11) is -2.25. The summed E-state index contributed by atoms with van der Waals surface area (Å²) >= 11 is 0. The van der Waals surface area contributed by atoms with Gasteiger partial charge in [-0.1, -0.05) is 0 Å². The molecule has 5 nitrogen and oxygen atoms in total. The molecule has 1 atom stereocenters. The van der Waals surface area contributed by atoms with Gasteiger partial charge in [-0.2, -0.15) is 0 Å². The number of hydrogen-bond acceptors (Lipinski definition) is 3. The summed E-state index contributed by atoms with van der Waals surface area (Å²) in [6, 6.07) is 9.45. The molecule has 0 aliphatic carbocycles. The fraction of sp³-hybridized carbons (Fsp3) is 0.235. The Balaban J connectivity index is 2.05. The average molecular weight is 348 g/mol. The van der Waals surface area contributed by atoms with Gasteiger partial charge >= 0.3 is 0 Å². The molecule has 1 aliphatic heterocycles. The molecule has 2 aromatic rings. The summed E-state index contributed by atoms with van der Waals surface area (Å²) < 4.78 is 40.2. The number of amides is 1. The molecule has 0 saturated carbocycles. The zero-order valence-corrected chi connectivity index (χ0v) is 14.1. The Morgan fingerprint density at radius 2 is 1.88 bits per heavy atom. The van der Waals surface area contributed by atoms with Crippen LogP contribution in [0.1, 0.15) is 22.8 Å². The second-order valence-corrected chi connectivity index (χ2v) is 7.55.